The van der Waals surface area contributed by atoms with E-state index in [2.05, 4.69) is 20.2 Å². The van der Waals surface area contributed by atoms with Crippen LogP contribution in [0.2, 0.25) is 0 Å². The van der Waals surface area contributed by atoms with Crippen LogP contribution in [0, 0.1) is 0 Å². The number of nitrogens with zero attached hydrogens (tertiary/aromatic N) is 1. The minimum absolute atomic E-state index is 0.0102. The van der Waals surface area contributed by atoms with E-state index < -0.39 is 22.0 Å². The van der Waals surface area contributed by atoms with E-state index in [-0.39, 0.29) is 5.75 Å². The highest BCUT2D eigenvalue weighted by Gasteiger charge is 2.19. The number of aromatic nitrogens is 2. The molecule has 1 amide bonds. The van der Waals surface area contributed by atoms with Gasteiger partial charge in [0, 0.05) is 6.20 Å². The van der Waals surface area contributed by atoms with Gasteiger partial charge in [0.2, 0.25) is 15.9 Å². The summed E-state index contributed by atoms with van der Waals surface area (Å²) in [6.07, 6.45) is 3.45. The van der Waals surface area contributed by atoms with Gasteiger partial charge >= 0.3 is 0 Å². The normalized spacial score (nSPS) is 13.3. The largest absolute Gasteiger partial charge is 0.322 e. The van der Waals surface area contributed by atoms with E-state index in [0.717, 1.165) is 0 Å². The number of aromatic amines is 1. The molecule has 0 saturated carbocycles. The van der Waals surface area contributed by atoms with Gasteiger partial charge in [0.25, 0.3) is 0 Å². The Morgan fingerprint density at radius 3 is 2.82 bits per heavy atom. The van der Waals surface area contributed by atoms with Crippen molar-refractivity contribution in [1.82, 2.24) is 14.9 Å². The summed E-state index contributed by atoms with van der Waals surface area (Å²) in [5, 5.41) is 8.73. The quantitative estimate of drug-likeness (QED) is 0.673. The van der Waals surface area contributed by atoms with E-state index >= 15 is 0 Å². The third-order valence-electron chi connectivity index (χ3n) is 1.99. The molecule has 8 heteroatoms. The Balaban J connectivity index is 2.53. The molecular weight excluding hydrogens is 244 g/mol. The van der Waals surface area contributed by atoms with Crippen LogP contribution in [0.25, 0.3) is 0 Å². The average molecular weight is 260 g/mol. The van der Waals surface area contributed by atoms with Crippen LogP contribution in [0.3, 0.4) is 0 Å². The fourth-order valence-electron chi connectivity index (χ4n) is 1.22. The summed E-state index contributed by atoms with van der Waals surface area (Å²) in [4.78, 5) is 11.6. The molecular formula is C9H16N4O3S. The summed E-state index contributed by atoms with van der Waals surface area (Å²) in [6.45, 7) is 3.25. The second-order valence-electron chi connectivity index (χ2n) is 3.63. The fraction of sp³-hybridized carbons (Fsp3) is 0.556. The minimum Gasteiger partial charge on any atom is -0.322 e. The highest BCUT2D eigenvalue weighted by molar-refractivity contribution is 7.89. The maximum absolute atomic E-state index is 11.6. The molecule has 1 rings (SSSR count). The van der Waals surface area contributed by atoms with Gasteiger partial charge < -0.3 is 5.32 Å². The van der Waals surface area contributed by atoms with Gasteiger partial charge in [0.05, 0.1) is 23.7 Å². The number of amides is 1. The first-order valence-corrected chi connectivity index (χ1v) is 6.89. The topological polar surface area (TPSA) is 104 Å². The summed E-state index contributed by atoms with van der Waals surface area (Å²) in [6, 6.07) is -0.818. The van der Waals surface area contributed by atoms with Crippen LogP contribution in [-0.2, 0) is 14.8 Å². The zero-order valence-electron chi connectivity index (χ0n) is 9.73. The molecule has 0 fully saturated rings. The summed E-state index contributed by atoms with van der Waals surface area (Å²) >= 11 is 0. The number of anilines is 1. The van der Waals surface area contributed by atoms with Crippen LogP contribution in [0.4, 0.5) is 5.69 Å². The third kappa shape index (κ3) is 4.53. The van der Waals surface area contributed by atoms with Gasteiger partial charge in [-0.3, -0.25) is 9.89 Å². The number of nitrogens with one attached hydrogen (secondary N) is 3. The van der Waals surface area contributed by atoms with Crippen LogP contribution in [0.5, 0.6) is 0 Å². The molecule has 0 aliphatic rings. The predicted molar refractivity (Wildman–Crippen MR) is 63.9 cm³/mol. The van der Waals surface area contributed by atoms with E-state index in [1.165, 1.54) is 19.3 Å². The smallest absolute Gasteiger partial charge is 0.242 e. The molecule has 0 spiro atoms. The highest BCUT2D eigenvalue weighted by Crippen LogP contribution is 2.02. The van der Waals surface area contributed by atoms with Crippen molar-refractivity contribution in [2.24, 2.45) is 0 Å². The number of hydrogen-bond acceptors (Lipinski definition) is 4. The van der Waals surface area contributed by atoms with Crippen molar-refractivity contribution in [2.75, 3.05) is 11.1 Å². The van der Waals surface area contributed by atoms with Crippen LogP contribution in [-0.4, -0.2) is 36.3 Å². The van der Waals surface area contributed by atoms with Gasteiger partial charge in [-0.25, -0.2) is 13.1 Å². The summed E-state index contributed by atoms with van der Waals surface area (Å²) in [7, 11) is -3.39. The molecule has 1 atom stereocenters. The molecule has 0 bridgehead atoms. The molecule has 3 N–H and O–H groups in total. The lowest BCUT2D eigenvalue weighted by atomic mass is 10.3. The monoisotopic (exact) mass is 260 g/mol. The van der Waals surface area contributed by atoms with Gasteiger partial charge in [0.1, 0.15) is 0 Å². The van der Waals surface area contributed by atoms with Crippen LogP contribution >= 0.6 is 0 Å². The Labute approximate surface area is 100 Å². The van der Waals surface area contributed by atoms with Crippen molar-refractivity contribution >= 4 is 21.6 Å². The first-order valence-electron chi connectivity index (χ1n) is 5.24. The van der Waals surface area contributed by atoms with E-state index in [1.807, 2.05) is 0 Å². The molecule has 1 unspecified atom stereocenters. The molecule has 0 aromatic carbocycles. The van der Waals surface area contributed by atoms with E-state index in [9.17, 15) is 13.2 Å². The lowest BCUT2D eigenvalue weighted by molar-refractivity contribution is -0.117. The van der Waals surface area contributed by atoms with Crippen molar-refractivity contribution in [3.8, 4) is 0 Å². The molecule has 0 aliphatic carbocycles. The molecule has 0 radical (unpaired) electrons. The number of carbonyl (C=O) groups is 1. The molecule has 1 aromatic heterocycles. The Bertz CT molecular complexity index is 455. The zero-order valence-corrected chi connectivity index (χ0v) is 10.5. The number of sulfonamides is 1. The molecule has 1 heterocycles. The summed E-state index contributed by atoms with van der Waals surface area (Å²) < 4.78 is 25.2. The number of H-pyrrole nitrogens is 1. The summed E-state index contributed by atoms with van der Waals surface area (Å²) in [5.74, 6) is -0.415. The van der Waals surface area contributed by atoms with Crippen molar-refractivity contribution < 1.29 is 13.2 Å². The molecule has 7 nitrogen and oxygen atoms in total. The standard InChI is InChI=1S/C9H16N4O3S/c1-3-4-17(15,16)13-7(2)9(14)12-8-5-10-11-6-8/h5-7,13H,3-4H2,1-2H3,(H,10,11)(H,12,14). The highest BCUT2D eigenvalue weighted by atomic mass is 32.2. The van der Waals surface area contributed by atoms with Crippen LogP contribution in [0.1, 0.15) is 20.3 Å². The Hall–Kier alpha value is -1.41. The van der Waals surface area contributed by atoms with Gasteiger partial charge in [-0.05, 0) is 13.3 Å². The van der Waals surface area contributed by atoms with Crippen LogP contribution < -0.4 is 10.0 Å². The number of hydrogen-bond donors (Lipinski definition) is 3. The van der Waals surface area contributed by atoms with E-state index in [1.54, 1.807) is 6.92 Å². The maximum Gasteiger partial charge on any atom is 0.242 e. The number of rotatable bonds is 6. The Morgan fingerprint density at radius 1 is 1.59 bits per heavy atom. The molecule has 17 heavy (non-hydrogen) atoms. The van der Waals surface area contributed by atoms with Crippen molar-refractivity contribution in [2.45, 2.75) is 26.3 Å². The molecule has 96 valence electrons. The maximum atomic E-state index is 11.6. The van der Waals surface area contributed by atoms with Gasteiger partial charge in [-0.2, -0.15) is 5.10 Å². The lowest BCUT2D eigenvalue weighted by Crippen LogP contribution is -2.42. The van der Waals surface area contributed by atoms with Crippen LogP contribution in [0.15, 0.2) is 12.4 Å². The third-order valence-corrected chi connectivity index (χ3v) is 3.65. The Kier molecular flexibility index (Phi) is 4.64. The zero-order chi connectivity index (χ0) is 12.9. The Morgan fingerprint density at radius 2 is 2.29 bits per heavy atom. The second kappa shape index (κ2) is 5.78. The van der Waals surface area contributed by atoms with Crippen molar-refractivity contribution in [3.63, 3.8) is 0 Å². The molecule has 0 aliphatic heterocycles. The van der Waals surface area contributed by atoms with E-state index in [4.69, 9.17) is 0 Å². The minimum atomic E-state index is -3.39. The van der Waals surface area contributed by atoms with Gasteiger partial charge in [0.15, 0.2) is 0 Å². The summed E-state index contributed by atoms with van der Waals surface area (Å²) in [5.41, 5.74) is 0.497. The second-order valence-corrected chi connectivity index (χ2v) is 5.51. The SMILES string of the molecule is CCCS(=O)(=O)NC(C)C(=O)Nc1cn[nH]c1. The predicted octanol–water partition coefficient (Wildman–Crippen LogP) is 0.0661. The van der Waals surface area contributed by atoms with E-state index in [0.29, 0.717) is 12.1 Å². The average Bonchev–Trinajstić information content (AvgIpc) is 2.69. The lowest BCUT2D eigenvalue weighted by Gasteiger charge is -2.13. The first kappa shape index (κ1) is 13.7. The van der Waals surface area contributed by atoms with Crippen molar-refractivity contribution in [1.29, 1.82) is 0 Å². The first-order chi connectivity index (χ1) is 7.94. The van der Waals surface area contributed by atoms with Crippen molar-refractivity contribution in [3.05, 3.63) is 12.4 Å². The van der Waals surface area contributed by atoms with Gasteiger partial charge in [-0.15, -0.1) is 0 Å². The molecule has 1 aromatic rings. The molecule has 0 saturated heterocycles. The fourth-order valence-corrected chi connectivity index (χ4v) is 2.52. The van der Waals surface area contributed by atoms with Gasteiger partial charge in [-0.1, -0.05) is 6.92 Å². The number of carbonyl (C=O) groups excluding carboxylic acids is 1.